The Hall–Kier alpha value is -1.13. The second-order valence-corrected chi connectivity index (χ2v) is 9.41. The molecular weight excluding hydrogens is 536 g/mol. The Balaban J connectivity index is 0.00000144. The third-order valence-corrected chi connectivity index (χ3v) is 7.41. The molecule has 0 spiro atoms. The minimum Gasteiger partial charge on any atom is -0.354 e. The second-order valence-electron chi connectivity index (χ2n) is 8.33. The first-order valence-corrected chi connectivity index (χ1v) is 11.6. The summed E-state index contributed by atoms with van der Waals surface area (Å²) < 4.78 is 2.04. The van der Waals surface area contributed by atoms with Crippen molar-refractivity contribution < 1.29 is 0 Å². The number of nitrogens with zero attached hydrogens (tertiary/aromatic N) is 6. The molecule has 3 aromatic heterocycles. The molecule has 0 saturated carbocycles. The lowest BCUT2D eigenvalue weighted by atomic mass is 10.1. The highest BCUT2D eigenvalue weighted by atomic mass is 35.5. The molecule has 2 aliphatic rings. The van der Waals surface area contributed by atoms with Crippen LogP contribution in [0, 0.1) is 5.41 Å². The molecule has 7 nitrogen and oxygen atoms in total. The van der Waals surface area contributed by atoms with Crippen LogP contribution >= 0.6 is 61.0 Å². The molecule has 0 amide bonds. The van der Waals surface area contributed by atoms with Crippen LogP contribution in [-0.2, 0) is 19.5 Å². The molecule has 3 aromatic rings. The smallest absolute Gasteiger partial charge is 0.136 e. The van der Waals surface area contributed by atoms with E-state index in [4.69, 9.17) is 10.4 Å². The van der Waals surface area contributed by atoms with Gasteiger partial charge in [-0.15, -0.1) is 61.0 Å². The van der Waals surface area contributed by atoms with Crippen molar-refractivity contribution >= 4 is 77.0 Å². The molecule has 190 valence electrons. The number of rotatable bonds is 5. The van der Waals surface area contributed by atoms with Crippen LogP contribution in [0.3, 0.4) is 0 Å². The lowest BCUT2D eigenvalue weighted by Crippen LogP contribution is -2.47. The Morgan fingerprint density at radius 1 is 0.971 bits per heavy atom. The summed E-state index contributed by atoms with van der Waals surface area (Å²) in [5, 5.41) is 9.87. The van der Waals surface area contributed by atoms with Crippen LogP contribution in [0.2, 0.25) is 0 Å². The summed E-state index contributed by atoms with van der Waals surface area (Å²) in [7, 11) is 2.17. The van der Waals surface area contributed by atoms with Crippen molar-refractivity contribution in [2.45, 2.75) is 25.9 Å². The number of hydrogen-bond acceptors (Lipinski definition) is 7. The predicted octanol–water partition coefficient (Wildman–Crippen LogP) is 3.86. The van der Waals surface area contributed by atoms with E-state index in [-0.39, 0.29) is 49.6 Å². The van der Waals surface area contributed by atoms with Gasteiger partial charge < -0.3 is 14.4 Å². The normalized spacial score (nSPS) is 16.0. The molecule has 12 heteroatoms. The van der Waals surface area contributed by atoms with E-state index in [9.17, 15) is 0 Å². The van der Waals surface area contributed by atoms with E-state index in [2.05, 4.69) is 38.9 Å². The number of aryl methyl sites for hydroxylation is 1. The molecule has 2 aliphatic heterocycles. The molecule has 1 fully saturated rings. The van der Waals surface area contributed by atoms with Crippen molar-refractivity contribution in [3.05, 3.63) is 46.7 Å². The summed E-state index contributed by atoms with van der Waals surface area (Å²) >= 11 is 1.77. The zero-order valence-electron chi connectivity index (χ0n) is 19.2. The van der Waals surface area contributed by atoms with Gasteiger partial charge in [-0.25, -0.2) is 9.97 Å². The molecule has 0 unspecified atom stereocenters. The van der Waals surface area contributed by atoms with Gasteiger partial charge in [-0.2, -0.15) is 0 Å². The van der Waals surface area contributed by atoms with Crippen LogP contribution in [-0.4, -0.2) is 70.7 Å². The zero-order chi connectivity index (χ0) is 20.5. The number of pyridine rings is 1. The van der Waals surface area contributed by atoms with Crippen molar-refractivity contribution in [3.8, 4) is 0 Å². The number of halogens is 4. The zero-order valence-corrected chi connectivity index (χ0v) is 23.3. The molecule has 1 N–H and O–H groups in total. The highest BCUT2D eigenvalue weighted by Crippen LogP contribution is 2.31. The highest BCUT2D eigenvalue weighted by Gasteiger charge is 2.21. The first-order valence-electron chi connectivity index (χ1n) is 10.8. The average Bonchev–Trinajstić information content (AvgIpc) is 3.14. The van der Waals surface area contributed by atoms with Gasteiger partial charge in [-0.3, -0.25) is 10.3 Å². The Labute approximate surface area is 229 Å². The number of piperazine rings is 1. The fraction of sp³-hybridized carbons (Fsp3) is 0.500. The summed E-state index contributed by atoms with van der Waals surface area (Å²) in [6, 6.07) is 6.11. The largest absolute Gasteiger partial charge is 0.354 e. The molecule has 34 heavy (non-hydrogen) atoms. The number of aromatic nitrogens is 3. The Morgan fingerprint density at radius 3 is 2.44 bits per heavy atom. The van der Waals surface area contributed by atoms with Crippen LogP contribution < -0.4 is 10.4 Å². The molecule has 5 rings (SSSR count). The van der Waals surface area contributed by atoms with Gasteiger partial charge in [-0.1, -0.05) is 6.07 Å². The van der Waals surface area contributed by atoms with Crippen LogP contribution in [0.1, 0.15) is 16.9 Å². The fourth-order valence-electron chi connectivity index (χ4n) is 4.55. The van der Waals surface area contributed by atoms with Crippen LogP contribution in [0.4, 0.5) is 5.82 Å². The van der Waals surface area contributed by atoms with Gasteiger partial charge in [0, 0.05) is 56.9 Å². The molecule has 0 aromatic carbocycles. The van der Waals surface area contributed by atoms with Gasteiger partial charge in [0.2, 0.25) is 0 Å². The number of anilines is 1. The molecule has 0 radical (unpaired) electrons. The predicted molar refractivity (Wildman–Crippen MR) is 150 cm³/mol. The molecule has 0 atom stereocenters. The van der Waals surface area contributed by atoms with Crippen LogP contribution in [0.5, 0.6) is 0 Å². The second kappa shape index (κ2) is 13.8. The Bertz CT molecular complexity index is 1080. The van der Waals surface area contributed by atoms with E-state index in [1.807, 2.05) is 23.2 Å². The first kappa shape index (κ1) is 30.9. The number of nitrogens with one attached hydrogen (secondary N) is 1. The molecular formula is C22H33Cl4N7S. The lowest BCUT2D eigenvalue weighted by Gasteiger charge is -2.35. The van der Waals surface area contributed by atoms with E-state index >= 15 is 0 Å². The molecule has 5 heterocycles. The van der Waals surface area contributed by atoms with Crippen molar-refractivity contribution in [2.24, 2.45) is 0 Å². The fourth-order valence-corrected chi connectivity index (χ4v) is 5.82. The number of fused-ring (bicyclic) bond motifs is 3. The third kappa shape index (κ3) is 6.55. The van der Waals surface area contributed by atoms with Crippen LogP contribution in [0.25, 0.3) is 10.2 Å². The van der Waals surface area contributed by atoms with E-state index in [0.717, 1.165) is 81.2 Å². The van der Waals surface area contributed by atoms with E-state index < -0.39 is 0 Å². The van der Waals surface area contributed by atoms with Crippen molar-refractivity contribution in [2.75, 3.05) is 51.2 Å². The van der Waals surface area contributed by atoms with Gasteiger partial charge in [0.1, 0.15) is 16.1 Å². The minimum atomic E-state index is 0. The SMILES string of the molecule is CN1CCc2c(sc3ncn(CCCN4CCN(c5ccccn5)CC4)c(=N)c23)C1.Cl.Cl.Cl.Cl. The van der Waals surface area contributed by atoms with E-state index in [1.54, 1.807) is 11.3 Å². The van der Waals surface area contributed by atoms with Gasteiger partial charge in [0.15, 0.2) is 0 Å². The molecule has 0 aliphatic carbocycles. The molecule has 0 bridgehead atoms. The average molecular weight is 569 g/mol. The number of likely N-dealkylation sites (N-methyl/N-ethyl adjacent to an activating group) is 1. The van der Waals surface area contributed by atoms with Crippen molar-refractivity contribution in [1.29, 1.82) is 5.41 Å². The van der Waals surface area contributed by atoms with Crippen molar-refractivity contribution in [3.63, 3.8) is 0 Å². The van der Waals surface area contributed by atoms with E-state index in [0.29, 0.717) is 5.49 Å². The van der Waals surface area contributed by atoms with Gasteiger partial charge >= 0.3 is 0 Å². The monoisotopic (exact) mass is 567 g/mol. The maximum Gasteiger partial charge on any atom is 0.136 e. The van der Waals surface area contributed by atoms with Crippen LogP contribution in [0.15, 0.2) is 30.7 Å². The molecule has 1 saturated heterocycles. The van der Waals surface area contributed by atoms with Gasteiger partial charge in [0.25, 0.3) is 0 Å². The summed E-state index contributed by atoms with van der Waals surface area (Å²) in [6.45, 7) is 8.15. The topological polar surface area (TPSA) is 64.3 Å². The Kier molecular flexibility index (Phi) is 12.6. The van der Waals surface area contributed by atoms with E-state index in [1.165, 1.54) is 10.4 Å². The maximum atomic E-state index is 8.78. The van der Waals surface area contributed by atoms with Gasteiger partial charge in [0.05, 0.1) is 11.7 Å². The van der Waals surface area contributed by atoms with Gasteiger partial charge in [-0.05, 0) is 44.1 Å². The Morgan fingerprint density at radius 2 is 1.74 bits per heavy atom. The number of thiophene rings is 1. The summed E-state index contributed by atoms with van der Waals surface area (Å²) in [6.07, 6.45) is 5.81. The summed E-state index contributed by atoms with van der Waals surface area (Å²) in [5.74, 6) is 1.08. The summed E-state index contributed by atoms with van der Waals surface area (Å²) in [5.41, 5.74) is 2.01. The standard InChI is InChI=1S/C22H29N7S.4ClH/c1-26-10-6-17-18(15-26)30-22-20(17)21(23)29(16-25-22)9-4-8-27-11-13-28(14-12-27)19-5-2-3-7-24-19;;;;/h2-3,5,7,16,23H,4,6,8-15H2,1H3;4*1H. The highest BCUT2D eigenvalue weighted by molar-refractivity contribution is 7.18. The van der Waals surface area contributed by atoms with Crippen molar-refractivity contribution in [1.82, 2.24) is 24.3 Å². The summed E-state index contributed by atoms with van der Waals surface area (Å²) in [4.78, 5) is 18.8. The third-order valence-electron chi connectivity index (χ3n) is 6.29. The maximum absolute atomic E-state index is 8.78. The quantitative estimate of drug-likeness (QED) is 0.506. The number of hydrogen-bond donors (Lipinski definition) is 1. The first-order chi connectivity index (χ1) is 14.7. The minimum absolute atomic E-state index is 0. The lowest BCUT2D eigenvalue weighted by molar-refractivity contribution is 0.249.